The van der Waals surface area contributed by atoms with Crippen LogP contribution in [0.3, 0.4) is 0 Å². The van der Waals surface area contributed by atoms with E-state index >= 15 is 0 Å². The summed E-state index contributed by atoms with van der Waals surface area (Å²) in [6.07, 6.45) is 23.6. The molecule has 0 unspecified atom stereocenters. The van der Waals surface area contributed by atoms with E-state index in [-0.39, 0.29) is 0 Å². The van der Waals surface area contributed by atoms with Crippen molar-refractivity contribution < 1.29 is 0 Å². The Bertz CT molecular complexity index is 240. The molecule has 3 rings (SSSR count). The zero-order valence-electron chi connectivity index (χ0n) is 13.2. The van der Waals surface area contributed by atoms with E-state index in [0.717, 1.165) is 0 Å². The van der Waals surface area contributed by atoms with Gasteiger partial charge in [0, 0.05) is 0 Å². The van der Waals surface area contributed by atoms with Crippen molar-refractivity contribution in [1.82, 2.24) is 0 Å². The molecule has 0 aliphatic heterocycles. The zero-order valence-corrected chi connectivity index (χ0v) is 18.7. The topological polar surface area (TPSA) is 0 Å². The Hall–Kier alpha value is 1.40. The Kier molecular flexibility index (Phi) is 6.33. The van der Waals surface area contributed by atoms with Crippen LogP contribution in [0.1, 0.15) is 96.3 Å². The van der Waals surface area contributed by atoms with Crippen molar-refractivity contribution in [3.63, 3.8) is 0 Å². The molecule has 0 heterocycles. The Morgan fingerprint density at radius 2 is 0.700 bits per heavy atom. The number of hydrogen-bond acceptors (Lipinski definition) is 0. The number of halogens is 1. The van der Waals surface area contributed by atoms with E-state index in [1.165, 1.54) is 29.7 Å². The maximum absolute atomic E-state index is 4.69. The van der Waals surface area contributed by atoms with Gasteiger partial charge in [0.2, 0.25) is 0 Å². The third-order valence-corrected chi connectivity index (χ3v) is 45.1. The second-order valence-electron chi connectivity index (χ2n) is 7.83. The molecule has 0 aromatic rings. The summed E-state index contributed by atoms with van der Waals surface area (Å²) in [5, 5.41) is 0. The van der Waals surface area contributed by atoms with E-state index in [2.05, 4.69) is 0 Å². The van der Waals surface area contributed by atoms with Crippen LogP contribution in [-0.4, -0.2) is 18.8 Å². The molecule has 116 valence electrons. The van der Waals surface area contributed by atoms with Crippen LogP contribution < -0.4 is 0 Å². The van der Waals surface area contributed by atoms with E-state index in [9.17, 15) is 0 Å². The molecule has 0 nitrogen and oxygen atoms in total. The Morgan fingerprint density at radius 1 is 0.450 bits per heavy atom. The van der Waals surface area contributed by atoms with Crippen LogP contribution in [0.25, 0.3) is 0 Å². The molecule has 0 amide bonds. The van der Waals surface area contributed by atoms with Gasteiger partial charge in [-0.1, -0.05) is 0 Å². The van der Waals surface area contributed by atoms with E-state index in [4.69, 9.17) is 12.0 Å². The second-order valence-corrected chi connectivity index (χ2v) is 35.8. The van der Waals surface area contributed by atoms with E-state index in [0.29, 0.717) is 0 Å². The van der Waals surface area contributed by atoms with Crippen LogP contribution in [0, 0.1) is 0 Å². The average Bonchev–Trinajstić information content (AvgIpc) is 2.56. The van der Waals surface area contributed by atoms with Crippen molar-refractivity contribution in [2.45, 2.75) is 107 Å². The van der Waals surface area contributed by atoms with Crippen LogP contribution in [0.15, 0.2) is 0 Å². The minimum absolute atomic E-state index is 1.21. The molecule has 3 saturated carbocycles. The van der Waals surface area contributed by atoms with Crippen LogP contribution in [0.4, 0.5) is 0 Å². The monoisotopic (exact) mass is 536 g/mol. The fourth-order valence-electron chi connectivity index (χ4n) is 5.64. The van der Waals surface area contributed by atoms with Gasteiger partial charge in [0.05, 0.1) is 0 Å². The molecule has 0 saturated heterocycles. The van der Waals surface area contributed by atoms with Crippen molar-refractivity contribution in [1.29, 1.82) is 0 Å². The summed E-state index contributed by atoms with van der Waals surface area (Å²) >= 11 is 2.40. The van der Waals surface area contributed by atoms with Crippen molar-refractivity contribution in [2.24, 2.45) is 0 Å². The van der Waals surface area contributed by atoms with Gasteiger partial charge in [-0.15, -0.1) is 0 Å². The molecule has 0 N–H and O–H groups in total. The predicted molar refractivity (Wildman–Crippen MR) is 95.2 cm³/mol. The van der Waals surface area contributed by atoms with E-state index in [1.807, 2.05) is 0 Å². The molecular weight excluding hydrogens is 503 g/mol. The summed E-state index contributed by atoms with van der Waals surface area (Å²) in [7, 11) is 0. The molecular formula is C18H33BrPb. The van der Waals surface area contributed by atoms with Crippen LogP contribution >= 0.6 is 12.0 Å². The van der Waals surface area contributed by atoms with Crippen molar-refractivity contribution in [2.75, 3.05) is 0 Å². The van der Waals surface area contributed by atoms with Gasteiger partial charge in [0.25, 0.3) is 0 Å². The fourth-order valence-corrected chi connectivity index (χ4v) is 40.5. The van der Waals surface area contributed by atoms with Crippen molar-refractivity contribution in [3.8, 4) is 0 Å². The minimum atomic E-state index is -2.29. The molecule has 0 aromatic heterocycles. The van der Waals surface area contributed by atoms with Gasteiger partial charge in [-0.2, -0.15) is 0 Å². The van der Waals surface area contributed by atoms with Crippen molar-refractivity contribution >= 4 is 30.7 Å². The fraction of sp³-hybridized carbons (Fsp3) is 1.00. The molecule has 3 aliphatic carbocycles. The average molecular weight is 537 g/mol. The first kappa shape index (κ1) is 16.3. The van der Waals surface area contributed by atoms with Crippen molar-refractivity contribution in [3.05, 3.63) is 0 Å². The SMILES string of the molecule is [Br][Pb]([CH]1CCCCC1)([CH]1CCCCC1)[CH]1CCCCC1. The van der Waals surface area contributed by atoms with Crippen LogP contribution in [0.5, 0.6) is 0 Å². The van der Waals surface area contributed by atoms with Gasteiger partial charge in [0.15, 0.2) is 0 Å². The first-order valence-electron chi connectivity index (χ1n) is 9.50. The summed E-state index contributed by atoms with van der Waals surface area (Å²) in [4.78, 5) is 0. The molecule has 20 heavy (non-hydrogen) atoms. The third kappa shape index (κ3) is 3.49. The third-order valence-electron chi connectivity index (χ3n) is 6.69. The normalized spacial score (nSPS) is 28.6. The Labute approximate surface area is 136 Å². The van der Waals surface area contributed by atoms with E-state index < -0.39 is 18.8 Å². The Balaban J connectivity index is 1.79. The van der Waals surface area contributed by atoms with Gasteiger partial charge in [-0.3, -0.25) is 0 Å². The first-order valence-corrected chi connectivity index (χ1v) is 24.7. The molecule has 0 radical (unpaired) electrons. The summed E-state index contributed by atoms with van der Waals surface area (Å²) in [6, 6.07) is 0. The second kappa shape index (κ2) is 7.79. The molecule has 0 atom stereocenters. The number of rotatable bonds is 3. The molecule has 3 aliphatic rings. The zero-order chi connectivity index (χ0) is 13.8. The standard InChI is InChI=1S/3C6H11.BrH.Pb/c3*1-2-4-6-5-3-1;;/h3*1H,2-6H2;1H;/q;;;;+1/p-1. The van der Waals surface area contributed by atoms with Crippen LogP contribution in [-0.2, 0) is 0 Å². The van der Waals surface area contributed by atoms with Gasteiger partial charge in [-0.05, 0) is 0 Å². The van der Waals surface area contributed by atoms with Gasteiger partial charge in [-0.25, -0.2) is 0 Å². The summed E-state index contributed by atoms with van der Waals surface area (Å²) in [5.74, 6) is 0. The molecule has 2 heteroatoms. The molecule has 0 bridgehead atoms. The first-order chi connectivity index (χ1) is 9.82. The molecule has 0 aromatic carbocycles. The summed E-state index contributed by atoms with van der Waals surface area (Å²) in [6.45, 7) is 0. The van der Waals surface area contributed by atoms with Gasteiger partial charge < -0.3 is 0 Å². The Morgan fingerprint density at radius 3 is 0.950 bits per heavy atom. The number of hydrogen-bond donors (Lipinski definition) is 0. The van der Waals surface area contributed by atoms with Crippen LogP contribution in [0.2, 0.25) is 10.4 Å². The molecule has 0 spiro atoms. The predicted octanol–water partition coefficient (Wildman–Crippen LogP) is 7.33. The maximum atomic E-state index is 4.69. The summed E-state index contributed by atoms with van der Waals surface area (Å²) < 4.78 is 3.63. The quantitative estimate of drug-likeness (QED) is 0.332. The summed E-state index contributed by atoms with van der Waals surface area (Å²) in [5.41, 5.74) is 0. The van der Waals surface area contributed by atoms with Gasteiger partial charge >= 0.3 is 137 Å². The van der Waals surface area contributed by atoms with Gasteiger partial charge in [0.1, 0.15) is 0 Å². The molecule has 3 fully saturated rings. The van der Waals surface area contributed by atoms with E-state index in [1.54, 1.807) is 77.0 Å².